The Kier molecular flexibility index (Phi) is 7.70. The molecule has 0 aliphatic heterocycles. The number of nitrogens with zero attached hydrogens (tertiary/aromatic N) is 1. The van der Waals surface area contributed by atoms with Gasteiger partial charge in [-0.05, 0) is 31.4 Å². The minimum Gasteiger partial charge on any atom is -0.381 e. The van der Waals surface area contributed by atoms with Gasteiger partial charge in [0.05, 0.1) is 0 Å². The lowest BCUT2D eigenvalue weighted by Crippen LogP contribution is -2.20. The first-order valence-corrected chi connectivity index (χ1v) is 6.98. The third-order valence-corrected chi connectivity index (χ3v) is 2.96. The summed E-state index contributed by atoms with van der Waals surface area (Å²) in [5.41, 5.74) is 1.38. The van der Waals surface area contributed by atoms with Gasteiger partial charge in [-0.1, -0.05) is 44.2 Å². The molecule has 0 bridgehead atoms. The molecule has 0 unspecified atom stereocenters. The molecule has 0 fully saturated rings. The SMILES string of the molecule is CC(C)CCOCCCN(C)Cc1ccccc1. The van der Waals surface area contributed by atoms with Crippen molar-refractivity contribution in [2.75, 3.05) is 26.8 Å². The first-order valence-electron chi connectivity index (χ1n) is 6.98. The van der Waals surface area contributed by atoms with Crippen molar-refractivity contribution in [2.24, 2.45) is 5.92 Å². The fourth-order valence-corrected chi connectivity index (χ4v) is 1.83. The molecule has 0 aliphatic rings. The molecule has 0 amide bonds. The van der Waals surface area contributed by atoms with Crippen LogP contribution in [0.4, 0.5) is 0 Å². The topological polar surface area (TPSA) is 12.5 Å². The minimum absolute atomic E-state index is 0.741. The summed E-state index contributed by atoms with van der Waals surface area (Å²) in [6.45, 7) is 8.36. The average Bonchev–Trinajstić information content (AvgIpc) is 2.34. The van der Waals surface area contributed by atoms with Gasteiger partial charge in [-0.15, -0.1) is 0 Å². The standard InChI is InChI=1S/C16H27NO/c1-15(2)10-13-18-12-7-11-17(3)14-16-8-5-4-6-9-16/h4-6,8-9,15H,7,10-14H2,1-3H3. The maximum atomic E-state index is 5.62. The molecular weight excluding hydrogens is 222 g/mol. The van der Waals surface area contributed by atoms with E-state index in [0.717, 1.165) is 38.6 Å². The first-order chi connectivity index (χ1) is 8.68. The van der Waals surface area contributed by atoms with Crippen LogP contribution in [0.3, 0.4) is 0 Å². The molecular formula is C16H27NO. The molecule has 1 aromatic rings. The van der Waals surface area contributed by atoms with Crippen LogP contribution in [0.5, 0.6) is 0 Å². The molecule has 0 atom stereocenters. The van der Waals surface area contributed by atoms with Crippen LogP contribution in [0.1, 0.15) is 32.3 Å². The van der Waals surface area contributed by atoms with Crippen LogP contribution in [0.15, 0.2) is 30.3 Å². The third-order valence-electron chi connectivity index (χ3n) is 2.96. The van der Waals surface area contributed by atoms with Crippen LogP contribution < -0.4 is 0 Å². The summed E-state index contributed by atoms with van der Waals surface area (Å²) in [7, 11) is 2.17. The van der Waals surface area contributed by atoms with Gasteiger partial charge in [0.1, 0.15) is 0 Å². The van der Waals surface area contributed by atoms with Crippen molar-refractivity contribution in [1.82, 2.24) is 4.90 Å². The van der Waals surface area contributed by atoms with Gasteiger partial charge in [-0.25, -0.2) is 0 Å². The molecule has 0 N–H and O–H groups in total. The summed E-state index contributed by atoms with van der Waals surface area (Å²) < 4.78 is 5.62. The zero-order chi connectivity index (χ0) is 13.2. The van der Waals surface area contributed by atoms with Gasteiger partial charge in [0.2, 0.25) is 0 Å². The molecule has 1 rings (SSSR count). The Morgan fingerprint density at radius 1 is 1.11 bits per heavy atom. The lowest BCUT2D eigenvalue weighted by atomic mass is 10.1. The van der Waals surface area contributed by atoms with Gasteiger partial charge in [0.25, 0.3) is 0 Å². The van der Waals surface area contributed by atoms with E-state index in [2.05, 4.69) is 56.1 Å². The van der Waals surface area contributed by atoms with E-state index in [-0.39, 0.29) is 0 Å². The summed E-state index contributed by atoms with van der Waals surface area (Å²) >= 11 is 0. The molecule has 0 saturated heterocycles. The van der Waals surface area contributed by atoms with Crippen LogP contribution in [0.25, 0.3) is 0 Å². The predicted molar refractivity (Wildman–Crippen MR) is 77.7 cm³/mol. The molecule has 102 valence electrons. The van der Waals surface area contributed by atoms with Crippen molar-refractivity contribution in [3.63, 3.8) is 0 Å². The Bertz CT molecular complexity index is 297. The van der Waals surface area contributed by atoms with Crippen molar-refractivity contribution in [3.05, 3.63) is 35.9 Å². The molecule has 2 heteroatoms. The molecule has 0 heterocycles. The van der Waals surface area contributed by atoms with Gasteiger partial charge in [-0.3, -0.25) is 0 Å². The highest BCUT2D eigenvalue weighted by atomic mass is 16.5. The van der Waals surface area contributed by atoms with Crippen LogP contribution in [-0.4, -0.2) is 31.7 Å². The smallest absolute Gasteiger partial charge is 0.0478 e. The fraction of sp³-hybridized carbons (Fsp3) is 0.625. The quantitative estimate of drug-likeness (QED) is 0.620. The molecule has 2 nitrogen and oxygen atoms in total. The maximum Gasteiger partial charge on any atom is 0.0478 e. The molecule has 18 heavy (non-hydrogen) atoms. The van der Waals surface area contributed by atoms with Crippen molar-refractivity contribution < 1.29 is 4.74 Å². The lowest BCUT2D eigenvalue weighted by molar-refractivity contribution is 0.113. The van der Waals surface area contributed by atoms with E-state index in [0.29, 0.717) is 0 Å². The highest BCUT2D eigenvalue weighted by Gasteiger charge is 2.00. The second-order valence-electron chi connectivity index (χ2n) is 5.37. The number of hydrogen-bond acceptors (Lipinski definition) is 2. The van der Waals surface area contributed by atoms with Gasteiger partial charge in [0.15, 0.2) is 0 Å². The second-order valence-corrected chi connectivity index (χ2v) is 5.37. The molecule has 0 radical (unpaired) electrons. The summed E-state index contributed by atoms with van der Waals surface area (Å²) in [6.07, 6.45) is 2.28. The van der Waals surface area contributed by atoms with Crippen molar-refractivity contribution >= 4 is 0 Å². The number of rotatable bonds is 9. The number of benzene rings is 1. The zero-order valence-electron chi connectivity index (χ0n) is 12.1. The number of ether oxygens (including phenoxy) is 1. The second kappa shape index (κ2) is 9.12. The van der Waals surface area contributed by atoms with E-state index >= 15 is 0 Å². The van der Waals surface area contributed by atoms with E-state index in [1.165, 1.54) is 12.0 Å². The Balaban J connectivity index is 2.02. The van der Waals surface area contributed by atoms with Gasteiger partial charge in [-0.2, -0.15) is 0 Å². The minimum atomic E-state index is 0.741. The number of hydrogen-bond donors (Lipinski definition) is 0. The molecule has 0 aliphatic carbocycles. The molecule has 0 aromatic heterocycles. The summed E-state index contributed by atoms with van der Waals surface area (Å²) in [6, 6.07) is 10.6. The lowest BCUT2D eigenvalue weighted by Gasteiger charge is -2.16. The van der Waals surface area contributed by atoms with Crippen LogP contribution in [0, 0.1) is 5.92 Å². The van der Waals surface area contributed by atoms with Gasteiger partial charge >= 0.3 is 0 Å². The summed E-state index contributed by atoms with van der Waals surface area (Å²) in [4.78, 5) is 2.35. The Labute approximate surface area is 112 Å². The fourth-order valence-electron chi connectivity index (χ4n) is 1.83. The highest BCUT2D eigenvalue weighted by Crippen LogP contribution is 2.03. The third kappa shape index (κ3) is 7.46. The molecule has 1 aromatic carbocycles. The van der Waals surface area contributed by atoms with E-state index in [4.69, 9.17) is 4.74 Å². The maximum absolute atomic E-state index is 5.62. The normalized spacial score (nSPS) is 11.4. The Morgan fingerprint density at radius 2 is 1.83 bits per heavy atom. The first kappa shape index (κ1) is 15.2. The zero-order valence-corrected chi connectivity index (χ0v) is 12.1. The van der Waals surface area contributed by atoms with Crippen LogP contribution in [0.2, 0.25) is 0 Å². The van der Waals surface area contributed by atoms with Gasteiger partial charge < -0.3 is 9.64 Å². The van der Waals surface area contributed by atoms with E-state index < -0.39 is 0 Å². The van der Waals surface area contributed by atoms with Crippen molar-refractivity contribution in [3.8, 4) is 0 Å². The van der Waals surface area contributed by atoms with E-state index in [9.17, 15) is 0 Å². The van der Waals surface area contributed by atoms with Crippen molar-refractivity contribution in [2.45, 2.75) is 33.2 Å². The van der Waals surface area contributed by atoms with Gasteiger partial charge in [0, 0.05) is 26.3 Å². The van der Waals surface area contributed by atoms with Crippen LogP contribution in [-0.2, 0) is 11.3 Å². The summed E-state index contributed by atoms with van der Waals surface area (Å²) in [5, 5.41) is 0. The Morgan fingerprint density at radius 3 is 2.50 bits per heavy atom. The Hall–Kier alpha value is -0.860. The summed E-state index contributed by atoms with van der Waals surface area (Å²) in [5.74, 6) is 0.741. The largest absolute Gasteiger partial charge is 0.381 e. The van der Waals surface area contributed by atoms with Crippen molar-refractivity contribution in [1.29, 1.82) is 0 Å². The molecule has 0 saturated carbocycles. The predicted octanol–water partition coefficient (Wildman–Crippen LogP) is 3.57. The van der Waals surface area contributed by atoms with Crippen LogP contribution >= 0.6 is 0 Å². The highest BCUT2D eigenvalue weighted by molar-refractivity contribution is 5.14. The van der Waals surface area contributed by atoms with E-state index in [1.54, 1.807) is 0 Å². The molecule has 0 spiro atoms. The monoisotopic (exact) mass is 249 g/mol. The van der Waals surface area contributed by atoms with E-state index in [1.807, 2.05) is 0 Å². The average molecular weight is 249 g/mol.